The summed E-state index contributed by atoms with van der Waals surface area (Å²) in [6.07, 6.45) is 8.78. The number of hydrogen-bond acceptors (Lipinski definition) is 4. The molecule has 0 radical (unpaired) electrons. The van der Waals surface area contributed by atoms with E-state index in [4.69, 9.17) is 4.98 Å². The molecule has 0 aliphatic carbocycles. The van der Waals surface area contributed by atoms with Crippen molar-refractivity contribution in [3.8, 4) is 22.3 Å². The van der Waals surface area contributed by atoms with Crippen LogP contribution < -0.4 is 5.32 Å². The molecule has 0 bridgehead atoms. The second-order valence-electron chi connectivity index (χ2n) is 7.49. The highest BCUT2D eigenvalue weighted by Gasteiger charge is 2.17. The van der Waals surface area contributed by atoms with Crippen molar-refractivity contribution in [1.29, 1.82) is 0 Å². The van der Waals surface area contributed by atoms with Gasteiger partial charge in [-0.05, 0) is 41.6 Å². The molecule has 160 valence electrons. The highest BCUT2D eigenvalue weighted by molar-refractivity contribution is 7.90. The van der Waals surface area contributed by atoms with Gasteiger partial charge in [-0.2, -0.15) is 9.65 Å². The molecular formula is C25H29N4OS+. The zero-order valence-electron chi connectivity index (χ0n) is 18.2. The van der Waals surface area contributed by atoms with Gasteiger partial charge in [-0.25, -0.2) is 9.50 Å². The van der Waals surface area contributed by atoms with Crippen molar-refractivity contribution in [3.63, 3.8) is 0 Å². The minimum Gasteiger partial charge on any atom is -0.316 e. The molecule has 1 saturated heterocycles. The molecule has 6 heteroatoms. The van der Waals surface area contributed by atoms with Gasteiger partial charge in [-0.3, -0.25) is 0 Å². The molecule has 2 aromatic carbocycles. The molecule has 1 fully saturated rings. The zero-order valence-corrected chi connectivity index (χ0v) is 19.1. The minimum absolute atomic E-state index is 0.622. The van der Waals surface area contributed by atoms with Crippen LogP contribution in [0.1, 0.15) is 31.7 Å². The third-order valence-electron chi connectivity index (χ3n) is 5.62. The average Bonchev–Trinajstić information content (AvgIpc) is 3.50. The first kappa shape index (κ1) is 21.6. The molecule has 5 nitrogen and oxygen atoms in total. The van der Waals surface area contributed by atoms with Crippen LogP contribution in [-0.4, -0.2) is 38.5 Å². The third-order valence-corrected chi connectivity index (χ3v) is 6.55. The van der Waals surface area contributed by atoms with Gasteiger partial charge in [-0.1, -0.05) is 50.2 Å². The number of rotatable bonds is 4. The van der Waals surface area contributed by atoms with Crippen molar-refractivity contribution in [3.05, 3.63) is 72.7 Å². The molecule has 0 spiro atoms. The van der Waals surface area contributed by atoms with Gasteiger partial charge in [0.15, 0.2) is 21.7 Å². The summed E-state index contributed by atoms with van der Waals surface area (Å²) in [5, 5.41) is 7.95. The number of nitrogens with one attached hydrogen (secondary N) is 1. The summed E-state index contributed by atoms with van der Waals surface area (Å²) in [5.41, 5.74) is 6.38. The number of aromatic nitrogens is 3. The standard InChI is InChI=1S/C23H23N4OS.C2H6/c1-29(28)21-4-2-3-18(11-21)22-14-26-27-15-20(13-25-23(22)27)17-7-5-16(6-8-17)19-9-10-24-12-19;1-2/h2-8,11,13-15,19,24,28H,9-10,12H2,1H3;1-2H3/q+1;. The van der Waals surface area contributed by atoms with E-state index in [-0.39, 0.29) is 0 Å². The Morgan fingerprint density at radius 2 is 1.84 bits per heavy atom. The Morgan fingerprint density at radius 1 is 1.03 bits per heavy atom. The van der Waals surface area contributed by atoms with Crippen molar-refractivity contribution < 1.29 is 4.55 Å². The molecule has 2 atom stereocenters. The molecule has 2 N–H and O–H groups in total. The molecule has 2 unspecified atom stereocenters. The molecule has 31 heavy (non-hydrogen) atoms. The van der Waals surface area contributed by atoms with E-state index >= 15 is 0 Å². The van der Waals surface area contributed by atoms with E-state index in [9.17, 15) is 4.55 Å². The maximum absolute atomic E-state index is 9.90. The van der Waals surface area contributed by atoms with Crippen molar-refractivity contribution >= 4 is 16.8 Å². The molecule has 3 heterocycles. The SMILES string of the molecule is CC.C[S+](O)c1cccc(-c2cnn3cc(-c4ccc(C5CCNC5)cc4)cnc23)c1. The van der Waals surface area contributed by atoms with Crippen LogP contribution in [0.5, 0.6) is 0 Å². The summed E-state index contributed by atoms with van der Waals surface area (Å²) in [5.74, 6) is 0.622. The normalized spacial score (nSPS) is 16.7. The van der Waals surface area contributed by atoms with Gasteiger partial charge >= 0.3 is 0 Å². The monoisotopic (exact) mass is 433 g/mol. The van der Waals surface area contributed by atoms with E-state index in [1.165, 1.54) is 12.0 Å². The Labute approximate surface area is 186 Å². The lowest BCUT2D eigenvalue weighted by atomic mass is 9.96. The van der Waals surface area contributed by atoms with Crippen LogP contribution in [0.15, 0.2) is 72.0 Å². The molecule has 0 amide bonds. The first-order valence-corrected chi connectivity index (χ1v) is 12.4. The quantitative estimate of drug-likeness (QED) is 0.432. The minimum atomic E-state index is -0.768. The average molecular weight is 434 g/mol. The number of fused-ring (bicyclic) bond motifs is 1. The van der Waals surface area contributed by atoms with Gasteiger partial charge in [0, 0.05) is 36.1 Å². The largest absolute Gasteiger partial charge is 0.316 e. The van der Waals surface area contributed by atoms with E-state index in [1.54, 1.807) is 6.26 Å². The van der Waals surface area contributed by atoms with Crippen molar-refractivity contribution in [2.45, 2.75) is 31.1 Å². The van der Waals surface area contributed by atoms with Crippen LogP contribution >= 0.6 is 0 Å². The fraction of sp³-hybridized carbons (Fsp3) is 0.280. The molecule has 1 aliphatic rings. The molecule has 4 aromatic rings. The Balaban J connectivity index is 0.00000112. The predicted molar refractivity (Wildman–Crippen MR) is 130 cm³/mol. The molecule has 2 aromatic heterocycles. The first-order chi connectivity index (χ1) is 15.2. The Morgan fingerprint density at radius 3 is 2.55 bits per heavy atom. The van der Waals surface area contributed by atoms with Gasteiger partial charge in [-0.15, -0.1) is 0 Å². The number of hydrogen-bond donors (Lipinski definition) is 2. The van der Waals surface area contributed by atoms with Gasteiger partial charge < -0.3 is 5.32 Å². The smallest absolute Gasteiger partial charge is 0.190 e. The summed E-state index contributed by atoms with van der Waals surface area (Å²) in [6.45, 7) is 6.18. The summed E-state index contributed by atoms with van der Waals surface area (Å²) in [4.78, 5) is 5.61. The van der Waals surface area contributed by atoms with E-state index in [2.05, 4.69) is 34.7 Å². The molecule has 0 saturated carbocycles. The van der Waals surface area contributed by atoms with Crippen LogP contribution in [0.25, 0.3) is 27.9 Å². The highest BCUT2D eigenvalue weighted by atomic mass is 32.2. The maximum Gasteiger partial charge on any atom is 0.190 e. The fourth-order valence-electron chi connectivity index (χ4n) is 3.96. The van der Waals surface area contributed by atoms with Crippen LogP contribution in [-0.2, 0) is 11.2 Å². The summed E-state index contributed by atoms with van der Waals surface area (Å²) >= 11 is -0.768. The summed E-state index contributed by atoms with van der Waals surface area (Å²) in [6, 6.07) is 16.7. The fourth-order valence-corrected chi connectivity index (χ4v) is 4.53. The van der Waals surface area contributed by atoms with E-state index in [1.807, 2.05) is 61.2 Å². The summed E-state index contributed by atoms with van der Waals surface area (Å²) < 4.78 is 11.7. The Kier molecular flexibility index (Phi) is 6.70. The Bertz CT molecular complexity index is 1150. The summed E-state index contributed by atoms with van der Waals surface area (Å²) in [7, 11) is 0. The Hall–Kier alpha value is -2.67. The van der Waals surface area contributed by atoms with Crippen molar-refractivity contribution in [2.24, 2.45) is 0 Å². The lowest BCUT2D eigenvalue weighted by Crippen LogP contribution is -2.07. The second kappa shape index (κ2) is 9.64. The lowest BCUT2D eigenvalue weighted by Gasteiger charge is -2.10. The predicted octanol–water partition coefficient (Wildman–Crippen LogP) is 5.25. The highest BCUT2D eigenvalue weighted by Crippen LogP contribution is 2.29. The van der Waals surface area contributed by atoms with Crippen molar-refractivity contribution in [2.75, 3.05) is 19.3 Å². The van der Waals surface area contributed by atoms with Crippen LogP contribution in [0, 0.1) is 0 Å². The molecular weight excluding hydrogens is 404 g/mol. The number of nitrogens with zero attached hydrogens (tertiary/aromatic N) is 3. The zero-order chi connectivity index (χ0) is 21.8. The van der Waals surface area contributed by atoms with E-state index in [0.29, 0.717) is 5.92 Å². The van der Waals surface area contributed by atoms with Crippen LogP contribution in [0.2, 0.25) is 0 Å². The topological polar surface area (TPSA) is 62.5 Å². The molecule has 5 rings (SSSR count). The second-order valence-corrected chi connectivity index (χ2v) is 8.91. The van der Waals surface area contributed by atoms with Gasteiger partial charge in [0.25, 0.3) is 0 Å². The van der Waals surface area contributed by atoms with Gasteiger partial charge in [0.05, 0.1) is 6.20 Å². The van der Waals surface area contributed by atoms with E-state index < -0.39 is 11.2 Å². The lowest BCUT2D eigenvalue weighted by molar-refractivity contribution is 0.645. The van der Waals surface area contributed by atoms with Crippen LogP contribution in [0.3, 0.4) is 0 Å². The van der Waals surface area contributed by atoms with Crippen molar-refractivity contribution in [1.82, 2.24) is 19.9 Å². The van der Waals surface area contributed by atoms with Crippen LogP contribution in [0.4, 0.5) is 0 Å². The first-order valence-electron chi connectivity index (χ1n) is 10.8. The maximum atomic E-state index is 9.90. The molecule has 1 aliphatic heterocycles. The number of benzene rings is 2. The van der Waals surface area contributed by atoms with E-state index in [0.717, 1.165) is 45.9 Å². The van der Waals surface area contributed by atoms with Gasteiger partial charge in [0.2, 0.25) is 0 Å². The van der Waals surface area contributed by atoms with Gasteiger partial charge in [0.1, 0.15) is 6.26 Å². The third kappa shape index (κ3) is 4.51.